The van der Waals surface area contributed by atoms with Gasteiger partial charge in [0.2, 0.25) is 0 Å². The number of aliphatic hydroxyl groups is 1. The monoisotopic (exact) mass is 369 g/mol. The lowest BCUT2D eigenvalue weighted by Crippen LogP contribution is -2.41. The van der Waals surface area contributed by atoms with Crippen LogP contribution in [0.25, 0.3) is 0 Å². The normalized spacial score (nSPS) is 18.4. The van der Waals surface area contributed by atoms with Crippen LogP contribution in [0.3, 0.4) is 0 Å². The number of methoxy groups -OCH3 is 2. The number of benzene rings is 2. The van der Waals surface area contributed by atoms with E-state index in [1.165, 1.54) is 11.8 Å². The number of anilines is 1. The van der Waals surface area contributed by atoms with E-state index in [0.717, 1.165) is 11.1 Å². The van der Waals surface area contributed by atoms with Crippen LogP contribution in [0, 0.1) is 6.92 Å². The van der Waals surface area contributed by atoms with E-state index in [1.54, 1.807) is 38.5 Å². The van der Waals surface area contributed by atoms with Crippen molar-refractivity contribution in [3.63, 3.8) is 0 Å². The zero-order valence-electron chi connectivity index (χ0n) is 15.9. The topological polar surface area (TPSA) is 76.1 Å². The summed E-state index contributed by atoms with van der Waals surface area (Å²) in [6, 6.07) is 10.8. The first kappa shape index (κ1) is 18.9. The Morgan fingerprint density at radius 2 is 1.85 bits per heavy atom. The van der Waals surface area contributed by atoms with Gasteiger partial charge in [-0.05, 0) is 37.1 Å². The molecule has 0 saturated heterocycles. The fourth-order valence-electron chi connectivity index (χ4n) is 3.63. The van der Waals surface area contributed by atoms with E-state index >= 15 is 0 Å². The highest BCUT2D eigenvalue weighted by atomic mass is 16.5. The minimum absolute atomic E-state index is 0.244. The Hall–Kier alpha value is -2.86. The van der Waals surface area contributed by atoms with Crippen molar-refractivity contribution in [2.75, 3.05) is 19.1 Å². The fourth-order valence-corrected chi connectivity index (χ4v) is 3.63. The summed E-state index contributed by atoms with van der Waals surface area (Å²) in [5.74, 6) is 0.423. The Bertz CT molecular complexity index is 907. The van der Waals surface area contributed by atoms with Crippen molar-refractivity contribution >= 4 is 17.4 Å². The number of hydrogen-bond acceptors (Lipinski definition) is 5. The molecule has 0 saturated carbocycles. The molecule has 2 aromatic carbocycles. The summed E-state index contributed by atoms with van der Waals surface area (Å²) >= 11 is 0. The van der Waals surface area contributed by atoms with Crippen molar-refractivity contribution in [3.8, 4) is 11.5 Å². The van der Waals surface area contributed by atoms with E-state index < -0.39 is 11.5 Å². The van der Waals surface area contributed by atoms with Gasteiger partial charge < -0.3 is 19.5 Å². The second kappa shape index (κ2) is 7.04. The zero-order chi connectivity index (χ0) is 19.8. The molecule has 1 atom stereocenters. The molecule has 0 aliphatic carbocycles. The maximum absolute atomic E-state index is 13.1. The maximum atomic E-state index is 13.1. The minimum atomic E-state index is -1.83. The third kappa shape index (κ3) is 3.17. The summed E-state index contributed by atoms with van der Waals surface area (Å²) in [5, 5.41) is 11.1. The summed E-state index contributed by atoms with van der Waals surface area (Å²) in [5.41, 5.74) is 0.983. The molecular formula is C21H23NO5. The van der Waals surface area contributed by atoms with E-state index in [2.05, 4.69) is 0 Å². The largest absolute Gasteiger partial charge is 0.493 e. The van der Waals surface area contributed by atoms with Crippen molar-refractivity contribution in [2.24, 2.45) is 0 Å². The lowest BCUT2D eigenvalue weighted by atomic mass is 9.89. The van der Waals surface area contributed by atoms with Crippen molar-refractivity contribution in [2.45, 2.75) is 32.4 Å². The number of fused-ring (bicyclic) bond motifs is 1. The predicted molar refractivity (Wildman–Crippen MR) is 101 cm³/mol. The van der Waals surface area contributed by atoms with E-state index in [9.17, 15) is 14.7 Å². The van der Waals surface area contributed by atoms with E-state index in [-0.39, 0.29) is 18.7 Å². The van der Waals surface area contributed by atoms with Gasteiger partial charge in [0.15, 0.2) is 17.1 Å². The van der Waals surface area contributed by atoms with Crippen LogP contribution in [-0.2, 0) is 21.7 Å². The summed E-state index contributed by atoms with van der Waals surface area (Å²) in [6.45, 7) is 3.50. The third-order valence-electron chi connectivity index (χ3n) is 4.85. The molecule has 1 heterocycles. The molecule has 1 aliphatic heterocycles. The molecule has 1 unspecified atom stereocenters. The number of carbonyl (C=O) groups excluding carboxylic acids is 2. The Kier molecular flexibility index (Phi) is 4.93. The van der Waals surface area contributed by atoms with Gasteiger partial charge in [-0.2, -0.15) is 0 Å². The number of rotatable bonds is 6. The fraction of sp³-hybridized carbons (Fsp3) is 0.333. The Morgan fingerprint density at radius 3 is 2.48 bits per heavy atom. The number of nitrogens with zero attached hydrogens (tertiary/aromatic N) is 1. The third-order valence-corrected chi connectivity index (χ3v) is 4.85. The number of para-hydroxylation sites is 1. The molecule has 1 aliphatic rings. The molecule has 0 radical (unpaired) electrons. The molecule has 3 rings (SSSR count). The van der Waals surface area contributed by atoms with Crippen LogP contribution in [0.2, 0.25) is 0 Å². The predicted octanol–water partition coefficient (Wildman–Crippen LogP) is 2.73. The highest BCUT2D eigenvalue weighted by Crippen LogP contribution is 2.45. The molecule has 0 spiro atoms. The standard InChI is InChI=1S/C21H23NO5/c1-13-6-5-7-16-19(13)22(20(24)21(16,25)11-14(2)23)12-15-8-9-17(26-3)18(10-15)27-4/h5-10,25H,11-12H2,1-4H3. The molecule has 27 heavy (non-hydrogen) atoms. The van der Waals surface area contributed by atoms with E-state index in [1.807, 2.05) is 19.1 Å². The molecule has 1 amide bonds. The molecule has 0 fully saturated rings. The summed E-state index contributed by atoms with van der Waals surface area (Å²) in [6.07, 6.45) is -0.245. The van der Waals surface area contributed by atoms with Gasteiger partial charge in [0.05, 0.1) is 26.5 Å². The first-order chi connectivity index (χ1) is 12.8. The number of hydrogen-bond donors (Lipinski definition) is 1. The molecule has 0 bridgehead atoms. The lowest BCUT2D eigenvalue weighted by molar-refractivity contribution is -0.141. The van der Waals surface area contributed by atoms with Crippen LogP contribution in [0.4, 0.5) is 5.69 Å². The molecular weight excluding hydrogens is 346 g/mol. The van der Waals surface area contributed by atoms with Crippen LogP contribution in [0.1, 0.15) is 30.0 Å². The van der Waals surface area contributed by atoms with Gasteiger partial charge in [-0.15, -0.1) is 0 Å². The van der Waals surface area contributed by atoms with Crippen molar-refractivity contribution in [1.29, 1.82) is 0 Å². The molecule has 6 heteroatoms. The highest BCUT2D eigenvalue weighted by molar-refractivity contribution is 6.09. The SMILES string of the molecule is COc1ccc(CN2C(=O)C(O)(CC(C)=O)c3cccc(C)c32)cc1OC. The Balaban J connectivity index is 2.04. The average molecular weight is 369 g/mol. The van der Waals surface area contributed by atoms with E-state index in [4.69, 9.17) is 9.47 Å². The summed E-state index contributed by atoms with van der Waals surface area (Å²) in [7, 11) is 3.11. The first-order valence-electron chi connectivity index (χ1n) is 8.66. The summed E-state index contributed by atoms with van der Waals surface area (Å²) < 4.78 is 10.6. The maximum Gasteiger partial charge on any atom is 0.264 e. The van der Waals surface area contributed by atoms with E-state index in [0.29, 0.717) is 22.7 Å². The van der Waals surface area contributed by atoms with Crippen LogP contribution < -0.4 is 14.4 Å². The number of amides is 1. The first-order valence-corrected chi connectivity index (χ1v) is 8.66. The number of ether oxygens (including phenoxy) is 2. The van der Waals surface area contributed by atoms with Crippen molar-refractivity contribution in [3.05, 3.63) is 53.1 Å². The number of aryl methyl sites for hydroxylation is 1. The van der Waals surface area contributed by atoms with Gasteiger partial charge in [0, 0.05) is 12.0 Å². The zero-order valence-corrected chi connectivity index (χ0v) is 15.9. The van der Waals surface area contributed by atoms with Crippen molar-refractivity contribution < 1.29 is 24.2 Å². The summed E-state index contributed by atoms with van der Waals surface area (Å²) in [4.78, 5) is 26.4. The average Bonchev–Trinajstić information content (AvgIpc) is 2.84. The minimum Gasteiger partial charge on any atom is -0.493 e. The van der Waals surface area contributed by atoms with Gasteiger partial charge in [0.1, 0.15) is 5.78 Å². The van der Waals surface area contributed by atoms with Crippen LogP contribution >= 0.6 is 0 Å². The molecule has 1 N–H and O–H groups in total. The number of Topliss-reactive ketones (excluding diaryl/α,β-unsaturated/α-hetero) is 1. The van der Waals surface area contributed by atoms with Crippen LogP contribution in [-0.4, -0.2) is 31.0 Å². The molecule has 0 aromatic heterocycles. The van der Waals surface area contributed by atoms with Crippen LogP contribution in [0.5, 0.6) is 11.5 Å². The van der Waals surface area contributed by atoms with Crippen molar-refractivity contribution in [1.82, 2.24) is 0 Å². The van der Waals surface area contributed by atoms with Gasteiger partial charge >= 0.3 is 0 Å². The Morgan fingerprint density at radius 1 is 1.15 bits per heavy atom. The van der Waals surface area contributed by atoms with Crippen LogP contribution in [0.15, 0.2) is 36.4 Å². The number of ketones is 1. The highest BCUT2D eigenvalue weighted by Gasteiger charge is 2.50. The second-order valence-electron chi connectivity index (χ2n) is 6.79. The number of carbonyl (C=O) groups is 2. The molecule has 2 aromatic rings. The van der Waals surface area contributed by atoms with Gasteiger partial charge in [-0.25, -0.2) is 0 Å². The molecule has 142 valence electrons. The van der Waals surface area contributed by atoms with Gasteiger partial charge in [0.25, 0.3) is 5.91 Å². The Labute approximate surface area is 158 Å². The van der Waals surface area contributed by atoms with Gasteiger partial charge in [-0.1, -0.05) is 24.3 Å². The van der Waals surface area contributed by atoms with Gasteiger partial charge in [-0.3, -0.25) is 9.59 Å². The lowest BCUT2D eigenvalue weighted by Gasteiger charge is -2.23. The quantitative estimate of drug-likeness (QED) is 0.847. The second-order valence-corrected chi connectivity index (χ2v) is 6.79. The smallest absolute Gasteiger partial charge is 0.264 e. The molecule has 6 nitrogen and oxygen atoms in total.